The first-order valence-corrected chi connectivity index (χ1v) is 3.59. The predicted molar refractivity (Wildman–Crippen MR) is 43.5 cm³/mol. The second-order valence-electron chi connectivity index (χ2n) is 2.35. The molecule has 52 valence electrons. The van der Waals surface area contributed by atoms with Crippen molar-refractivity contribution in [3.8, 4) is 0 Å². The van der Waals surface area contributed by atoms with Gasteiger partial charge in [-0.2, -0.15) is 0 Å². The minimum atomic E-state index is 1.22. The fourth-order valence-corrected chi connectivity index (χ4v) is 0.740. The van der Waals surface area contributed by atoms with E-state index in [4.69, 9.17) is 0 Å². The fourth-order valence-electron chi connectivity index (χ4n) is 0.740. The number of unbranched alkanes of at least 4 members (excludes halogenated alkanes) is 1. The minimum absolute atomic E-state index is 1.22. The van der Waals surface area contributed by atoms with Crippen LogP contribution in [0.5, 0.6) is 0 Å². The number of allylic oxidation sites excluding steroid dienone is 3. The largest absolute Gasteiger partial charge is 0.0991 e. The third-order valence-electron chi connectivity index (χ3n) is 1.33. The van der Waals surface area contributed by atoms with Gasteiger partial charge in [0.1, 0.15) is 0 Å². The maximum absolute atomic E-state index is 3.63. The molecule has 0 heterocycles. The SMILES string of the molecule is C=C/C=C(/C)CCCC. The Labute approximate surface area is 58.3 Å². The Bertz CT molecular complexity index is 98.6. The summed E-state index contributed by atoms with van der Waals surface area (Å²) in [5, 5.41) is 0. The van der Waals surface area contributed by atoms with Crippen molar-refractivity contribution in [2.24, 2.45) is 0 Å². The van der Waals surface area contributed by atoms with Gasteiger partial charge in [-0.05, 0) is 19.8 Å². The highest BCUT2D eigenvalue weighted by atomic mass is 13.9. The molecule has 0 nitrogen and oxygen atoms in total. The van der Waals surface area contributed by atoms with E-state index < -0.39 is 0 Å². The average Bonchev–Trinajstić information content (AvgIpc) is 1.85. The van der Waals surface area contributed by atoms with E-state index in [-0.39, 0.29) is 0 Å². The monoisotopic (exact) mass is 124 g/mol. The molecule has 0 atom stereocenters. The van der Waals surface area contributed by atoms with Crippen LogP contribution in [0.4, 0.5) is 0 Å². The molecule has 0 aliphatic rings. The second kappa shape index (κ2) is 5.61. The van der Waals surface area contributed by atoms with Crippen LogP contribution in [-0.4, -0.2) is 0 Å². The lowest BCUT2D eigenvalue weighted by atomic mass is 10.1. The highest BCUT2D eigenvalue weighted by Crippen LogP contribution is 2.04. The zero-order valence-electron chi connectivity index (χ0n) is 6.48. The van der Waals surface area contributed by atoms with Crippen LogP contribution in [-0.2, 0) is 0 Å². The van der Waals surface area contributed by atoms with Crippen molar-refractivity contribution in [2.75, 3.05) is 0 Å². The zero-order valence-corrected chi connectivity index (χ0v) is 6.48. The van der Waals surface area contributed by atoms with Crippen LogP contribution in [0, 0.1) is 0 Å². The first-order chi connectivity index (χ1) is 4.31. The fraction of sp³-hybridized carbons (Fsp3) is 0.556. The van der Waals surface area contributed by atoms with Gasteiger partial charge in [-0.15, -0.1) is 0 Å². The maximum Gasteiger partial charge on any atom is -0.0320 e. The predicted octanol–water partition coefficient (Wildman–Crippen LogP) is 3.31. The Hall–Kier alpha value is -0.520. The minimum Gasteiger partial charge on any atom is -0.0991 e. The summed E-state index contributed by atoms with van der Waals surface area (Å²) >= 11 is 0. The molecule has 0 aromatic rings. The van der Waals surface area contributed by atoms with Crippen LogP contribution in [0.25, 0.3) is 0 Å². The molecule has 0 fully saturated rings. The van der Waals surface area contributed by atoms with Gasteiger partial charge in [0.15, 0.2) is 0 Å². The van der Waals surface area contributed by atoms with E-state index in [1.807, 2.05) is 6.08 Å². The van der Waals surface area contributed by atoms with Crippen LogP contribution in [0.2, 0.25) is 0 Å². The second-order valence-corrected chi connectivity index (χ2v) is 2.35. The summed E-state index contributed by atoms with van der Waals surface area (Å²) in [4.78, 5) is 0. The summed E-state index contributed by atoms with van der Waals surface area (Å²) in [6, 6.07) is 0. The van der Waals surface area contributed by atoms with E-state index in [0.29, 0.717) is 0 Å². The van der Waals surface area contributed by atoms with Crippen LogP contribution in [0.1, 0.15) is 33.1 Å². The first-order valence-electron chi connectivity index (χ1n) is 3.59. The van der Waals surface area contributed by atoms with Crippen molar-refractivity contribution >= 4 is 0 Å². The normalized spacial score (nSPS) is 11.6. The van der Waals surface area contributed by atoms with Crippen molar-refractivity contribution < 1.29 is 0 Å². The molecular weight excluding hydrogens is 108 g/mol. The summed E-state index contributed by atoms with van der Waals surface area (Å²) in [6.07, 6.45) is 7.74. The smallest absolute Gasteiger partial charge is 0.0320 e. The first kappa shape index (κ1) is 8.48. The van der Waals surface area contributed by atoms with Gasteiger partial charge in [-0.1, -0.05) is 37.6 Å². The molecule has 9 heavy (non-hydrogen) atoms. The summed E-state index contributed by atoms with van der Waals surface area (Å²) in [5.41, 5.74) is 1.44. The van der Waals surface area contributed by atoms with E-state index in [9.17, 15) is 0 Å². The lowest BCUT2D eigenvalue weighted by molar-refractivity contribution is 0.787. The third kappa shape index (κ3) is 5.35. The molecule has 0 amide bonds. The molecular formula is C9H16. The molecule has 0 saturated heterocycles. The van der Waals surface area contributed by atoms with Gasteiger partial charge in [-0.25, -0.2) is 0 Å². The molecule has 0 radical (unpaired) electrons. The number of hydrogen-bond acceptors (Lipinski definition) is 0. The number of rotatable bonds is 4. The van der Waals surface area contributed by atoms with E-state index in [1.54, 1.807) is 0 Å². The zero-order chi connectivity index (χ0) is 7.11. The van der Waals surface area contributed by atoms with Gasteiger partial charge in [0.25, 0.3) is 0 Å². The van der Waals surface area contributed by atoms with Crippen molar-refractivity contribution in [2.45, 2.75) is 33.1 Å². The van der Waals surface area contributed by atoms with Crippen molar-refractivity contribution in [3.63, 3.8) is 0 Å². The molecule has 0 saturated carbocycles. The van der Waals surface area contributed by atoms with Gasteiger partial charge >= 0.3 is 0 Å². The molecule has 0 N–H and O–H groups in total. The highest BCUT2D eigenvalue weighted by molar-refractivity contribution is 5.07. The quantitative estimate of drug-likeness (QED) is 0.504. The van der Waals surface area contributed by atoms with E-state index in [2.05, 4.69) is 26.5 Å². The van der Waals surface area contributed by atoms with Crippen molar-refractivity contribution in [1.82, 2.24) is 0 Å². The number of hydrogen-bond donors (Lipinski definition) is 0. The Morgan fingerprint density at radius 1 is 1.56 bits per heavy atom. The average molecular weight is 124 g/mol. The Balaban J connectivity index is 3.36. The van der Waals surface area contributed by atoms with E-state index in [0.717, 1.165) is 0 Å². The molecule has 0 heteroatoms. The van der Waals surface area contributed by atoms with Crippen molar-refractivity contribution in [3.05, 3.63) is 24.3 Å². The Morgan fingerprint density at radius 3 is 2.67 bits per heavy atom. The summed E-state index contributed by atoms with van der Waals surface area (Å²) in [5.74, 6) is 0. The molecule has 0 bridgehead atoms. The standard InChI is InChI=1S/C9H16/c1-4-6-8-9(3)7-5-2/h5,7H,2,4,6,8H2,1,3H3/b9-7-. The summed E-state index contributed by atoms with van der Waals surface area (Å²) in [7, 11) is 0. The van der Waals surface area contributed by atoms with Gasteiger partial charge < -0.3 is 0 Å². The van der Waals surface area contributed by atoms with E-state index >= 15 is 0 Å². The highest BCUT2D eigenvalue weighted by Gasteiger charge is 1.84. The molecule has 0 spiro atoms. The molecule has 0 aliphatic carbocycles. The van der Waals surface area contributed by atoms with Gasteiger partial charge in [0.2, 0.25) is 0 Å². The summed E-state index contributed by atoms with van der Waals surface area (Å²) < 4.78 is 0. The third-order valence-corrected chi connectivity index (χ3v) is 1.33. The maximum atomic E-state index is 3.63. The topological polar surface area (TPSA) is 0 Å². The molecule has 0 aromatic carbocycles. The Morgan fingerprint density at radius 2 is 2.22 bits per heavy atom. The lowest BCUT2D eigenvalue weighted by Crippen LogP contribution is -1.74. The Kier molecular flexibility index (Phi) is 5.29. The molecule has 0 rings (SSSR count). The van der Waals surface area contributed by atoms with Gasteiger partial charge in [0, 0.05) is 0 Å². The van der Waals surface area contributed by atoms with Crippen LogP contribution in [0.15, 0.2) is 24.3 Å². The molecule has 0 unspecified atom stereocenters. The van der Waals surface area contributed by atoms with Gasteiger partial charge in [0.05, 0.1) is 0 Å². The molecule has 0 aliphatic heterocycles. The van der Waals surface area contributed by atoms with Crippen LogP contribution in [0.3, 0.4) is 0 Å². The van der Waals surface area contributed by atoms with Crippen molar-refractivity contribution in [1.29, 1.82) is 0 Å². The lowest BCUT2D eigenvalue weighted by Gasteiger charge is -1.95. The molecule has 0 aromatic heterocycles. The van der Waals surface area contributed by atoms with Crippen LogP contribution >= 0.6 is 0 Å². The van der Waals surface area contributed by atoms with Gasteiger partial charge in [-0.3, -0.25) is 0 Å². The van der Waals surface area contributed by atoms with E-state index in [1.165, 1.54) is 24.8 Å². The van der Waals surface area contributed by atoms with Crippen LogP contribution < -0.4 is 0 Å². The summed E-state index contributed by atoms with van der Waals surface area (Å²) in [6.45, 7) is 7.99.